The normalized spacial score (nSPS) is 11.8. The minimum absolute atomic E-state index is 0.0292. The van der Waals surface area contributed by atoms with Gasteiger partial charge in [0.1, 0.15) is 10.8 Å². The Labute approximate surface area is 114 Å². The van der Waals surface area contributed by atoms with Gasteiger partial charge in [-0.1, -0.05) is 23.2 Å². The Morgan fingerprint density at radius 2 is 2.06 bits per heavy atom. The van der Waals surface area contributed by atoms with Gasteiger partial charge in [0.05, 0.1) is 0 Å². The van der Waals surface area contributed by atoms with E-state index in [0.29, 0.717) is 5.65 Å². The van der Waals surface area contributed by atoms with Crippen LogP contribution in [0.1, 0.15) is 31.3 Å². The fourth-order valence-corrected chi connectivity index (χ4v) is 1.82. The lowest BCUT2D eigenvalue weighted by Crippen LogP contribution is -2.24. The summed E-state index contributed by atoms with van der Waals surface area (Å²) in [6.45, 7) is 5.30. The van der Waals surface area contributed by atoms with Crippen LogP contribution in [-0.2, 0) is 4.74 Å². The molecule has 2 heterocycles. The molecule has 7 heteroatoms. The molecule has 0 aliphatic carbocycles. The summed E-state index contributed by atoms with van der Waals surface area (Å²) in [6.07, 6.45) is 3.05. The maximum atomic E-state index is 11.9. The van der Waals surface area contributed by atoms with E-state index in [1.807, 2.05) is 0 Å². The van der Waals surface area contributed by atoms with Crippen LogP contribution >= 0.6 is 23.2 Å². The maximum Gasteiger partial charge on any atom is 0.360 e. The molecule has 0 radical (unpaired) electrons. The highest BCUT2D eigenvalue weighted by atomic mass is 35.5. The van der Waals surface area contributed by atoms with Gasteiger partial charge in [0.2, 0.25) is 0 Å². The van der Waals surface area contributed by atoms with Gasteiger partial charge in [0, 0.05) is 12.4 Å². The van der Waals surface area contributed by atoms with Crippen LogP contribution in [0.15, 0.2) is 12.4 Å². The van der Waals surface area contributed by atoms with Gasteiger partial charge >= 0.3 is 5.97 Å². The van der Waals surface area contributed by atoms with E-state index in [1.165, 1.54) is 10.6 Å². The third-order valence-electron chi connectivity index (χ3n) is 2.03. The molecule has 0 amide bonds. The molecule has 0 aromatic carbocycles. The maximum absolute atomic E-state index is 11.9. The lowest BCUT2D eigenvalue weighted by molar-refractivity contribution is 0.00638. The second-order valence-electron chi connectivity index (χ2n) is 4.66. The fraction of sp³-hybridized carbons (Fsp3) is 0.364. The van der Waals surface area contributed by atoms with Crippen molar-refractivity contribution >= 4 is 34.8 Å². The Hall–Kier alpha value is -1.33. The van der Waals surface area contributed by atoms with E-state index in [1.54, 1.807) is 27.0 Å². The van der Waals surface area contributed by atoms with Crippen molar-refractivity contribution in [2.24, 2.45) is 0 Å². The van der Waals surface area contributed by atoms with Crippen LogP contribution in [0.2, 0.25) is 10.3 Å². The Morgan fingerprint density at radius 1 is 1.39 bits per heavy atom. The largest absolute Gasteiger partial charge is 0.455 e. The number of esters is 1. The quantitative estimate of drug-likeness (QED) is 0.757. The Morgan fingerprint density at radius 3 is 2.61 bits per heavy atom. The number of ether oxygens (including phenoxy) is 1. The number of fused-ring (bicyclic) bond motifs is 1. The van der Waals surface area contributed by atoms with E-state index >= 15 is 0 Å². The highest BCUT2D eigenvalue weighted by Gasteiger charge is 2.24. The average molecular weight is 288 g/mol. The summed E-state index contributed by atoms with van der Waals surface area (Å²) in [7, 11) is 0. The summed E-state index contributed by atoms with van der Waals surface area (Å²) >= 11 is 11.9. The van der Waals surface area contributed by atoms with E-state index in [4.69, 9.17) is 27.9 Å². The van der Waals surface area contributed by atoms with Crippen molar-refractivity contribution in [3.05, 3.63) is 28.4 Å². The summed E-state index contributed by atoms with van der Waals surface area (Å²) in [4.78, 5) is 19.8. The summed E-state index contributed by atoms with van der Waals surface area (Å²) < 4.78 is 6.69. The lowest BCUT2D eigenvalue weighted by atomic mass is 10.2. The van der Waals surface area contributed by atoms with Gasteiger partial charge in [-0.2, -0.15) is 0 Å². The second-order valence-corrected chi connectivity index (χ2v) is 5.38. The first-order valence-corrected chi connectivity index (χ1v) is 5.96. The summed E-state index contributed by atoms with van der Waals surface area (Å²) in [5, 5.41) is 0.331. The van der Waals surface area contributed by atoms with E-state index in [-0.39, 0.29) is 16.0 Å². The van der Waals surface area contributed by atoms with E-state index in [2.05, 4.69) is 9.97 Å². The number of halogens is 2. The zero-order valence-electron chi connectivity index (χ0n) is 10.1. The number of carbonyl (C=O) groups excluding carboxylic acids is 1. The number of hydrogen-bond acceptors (Lipinski definition) is 4. The average Bonchev–Trinajstić information content (AvgIpc) is 2.56. The minimum Gasteiger partial charge on any atom is -0.455 e. The fourth-order valence-electron chi connectivity index (χ4n) is 1.37. The number of imidazole rings is 1. The topological polar surface area (TPSA) is 56.5 Å². The van der Waals surface area contributed by atoms with Gasteiger partial charge in [0.25, 0.3) is 0 Å². The number of rotatable bonds is 1. The van der Waals surface area contributed by atoms with Crippen molar-refractivity contribution in [2.75, 3.05) is 0 Å². The Bertz CT molecular complexity index is 617. The molecule has 96 valence electrons. The second kappa shape index (κ2) is 4.40. The van der Waals surface area contributed by atoms with Crippen molar-refractivity contribution < 1.29 is 9.53 Å². The highest BCUT2D eigenvalue weighted by Crippen LogP contribution is 2.23. The molecule has 0 saturated heterocycles. The molecule has 0 N–H and O–H groups in total. The number of aromatic nitrogens is 3. The van der Waals surface area contributed by atoms with Crippen LogP contribution in [0.3, 0.4) is 0 Å². The van der Waals surface area contributed by atoms with Gasteiger partial charge < -0.3 is 4.74 Å². The zero-order valence-corrected chi connectivity index (χ0v) is 11.6. The predicted octanol–water partition coefficient (Wildman–Crippen LogP) is 2.99. The molecule has 0 aliphatic rings. The summed E-state index contributed by atoms with van der Waals surface area (Å²) in [6, 6.07) is 0. The van der Waals surface area contributed by atoms with Crippen LogP contribution < -0.4 is 0 Å². The third kappa shape index (κ3) is 2.42. The molecule has 0 saturated carbocycles. The SMILES string of the molecule is CC(C)(C)OC(=O)c1nc2c(Cl)nccn2c1Cl. The van der Waals surface area contributed by atoms with E-state index in [0.717, 1.165) is 0 Å². The molecule has 5 nitrogen and oxygen atoms in total. The van der Waals surface area contributed by atoms with Gasteiger partial charge in [-0.15, -0.1) is 0 Å². The minimum atomic E-state index is -0.613. The highest BCUT2D eigenvalue weighted by molar-refractivity contribution is 6.34. The molecule has 18 heavy (non-hydrogen) atoms. The van der Waals surface area contributed by atoms with Crippen molar-refractivity contribution in [2.45, 2.75) is 26.4 Å². The van der Waals surface area contributed by atoms with Gasteiger partial charge in [-0.05, 0) is 20.8 Å². The molecule has 2 rings (SSSR count). The van der Waals surface area contributed by atoms with Crippen molar-refractivity contribution in [1.82, 2.24) is 14.4 Å². The first-order valence-electron chi connectivity index (χ1n) is 5.21. The lowest BCUT2D eigenvalue weighted by Gasteiger charge is -2.18. The molecule has 2 aromatic heterocycles. The summed E-state index contributed by atoms with van der Waals surface area (Å²) in [5.41, 5.74) is -0.260. The molecular formula is C11H11Cl2N3O2. The van der Waals surface area contributed by atoms with Crippen LogP contribution in [0.4, 0.5) is 0 Å². The van der Waals surface area contributed by atoms with Crippen molar-refractivity contribution in [3.8, 4) is 0 Å². The van der Waals surface area contributed by atoms with Crippen LogP contribution in [0, 0.1) is 0 Å². The molecule has 0 atom stereocenters. The van der Waals surface area contributed by atoms with Crippen molar-refractivity contribution in [3.63, 3.8) is 0 Å². The number of hydrogen-bond donors (Lipinski definition) is 0. The third-order valence-corrected chi connectivity index (χ3v) is 2.66. The van der Waals surface area contributed by atoms with E-state index in [9.17, 15) is 4.79 Å². The molecule has 0 fully saturated rings. The molecule has 0 bridgehead atoms. The number of carbonyl (C=O) groups is 1. The van der Waals surface area contributed by atoms with Crippen LogP contribution in [-0.4, -0.2) is 25.9 Å². The van der Waals surface area contributed by atoms with E-state index < -0.39 is 11.6 Å². The Balaban J connectivity index is 2.50. The molecule has 0 unspecified atom stereocenters. The predicted molar refractivity (Wildman–Crippen MR) is 68.2 cm³/mol. The smallest absolute Gasteiger partial charge is 0.360 e. The van der Waals surface area contributed by atoms with Gasteiger partial charge in [0.15, 0.2) is 16.5 Å². The zero-order chi connectivity index (χ0) is 13.5. The molecule has 0 spiro atoms. The summed E-state index contributed by atoms with van der Waals surface area (Å²) in [5.74, 6) is -0.590. The Kier molecular flexibility index (Phi) is 3.21. The van der Waals surface area contributed by atoms with Gasteiger partial charge in [-0.3, -0.25) is 4.40 Å². The monoisotopic (exact) mass is 287 g/mol. The molecular weight excluding hydrogens is 277 g/mol. The van der Waals surface area contributed by atoms with Crippen LogP contribution in [0.5, 0.6) is 0 Å². The molecule has 2 aromatic rings. The van der Waals surface area contributed by atoms with Crippen LogP contribution in [0.25, 0.3) is 5.65 Å². The first-order chi connectivity index (χ1) is 8.29. The standard InChI is InChI=1S/C11H11Cl2N3O2/c1-11(2,3)18-10(17)6-8(13)16-5-4-14-7(12)9(16)15-6/h4-5H,1-3H3. The van der Waals surface area contributed by atoms with Crippen molar-refractivity contribution in [1.29, 1.82) is 0 Å². The molecule has 0 aliphatic heterocycles. The number of nitrogens with zero attached hydrogens (tertiary/aromatic N) is 3. The van der Waals surface area contributed by atoms with Gasteiger partial charge in [-0.25, -0.2) is 14.8 Å². The first kappa shape index (κ1) is 13.1.